The van der Waals surface area contributed by atoms with E-state index in [1.807, 2.05) is 0 Å². The standard InChI is InChI=1S/C4H2N5O/c1-3(7-8-5-1)4-2-6-9-10-4/h1H,(H,5,7,8). The fraction of sp³-hybridized carbons (Fsp3) is 0. The predicted molar refractivity (Wildman–Crippen MR) is 28.5 cm³/mol. The Morgan fingerprint density at radius 3 is 3.20 bits per heavy atom. The first-order chi connectivity index (χ1) is 4.97. The van der Waals surface area contributed by atoms with Crippen molar-refractivity contribution in [1.29, 1.82) is 0 Å². The third kappa shape index (κ3) is 0.661. The van der Waals surface area contributed by atoms with Gasteiger partial charge in [0.25, 0.3) is 0 Å². The maximum atomic E-state index is 4.64. The van der Waals surface area contributed by atoms with Gasteiger partial charge in [0, 0.05) is 5.27 Å². The minimum absolute atomic E-state index is 0.383. The molecule has 0 fully saturated rings. The van der Waals surface area contributed by atoms with E-state index in [1.54, 1.807) is 6.20 Å². The van der Waals surface area contributed by atoms with Gasteiger partial charge in [-0.15, -0.1) is 10.2 Å². The van der Waals surface area contributed by atoms with E-state index in [0.717, 1.165) is 0 Å². The van der Waals surface area contributed by atoms with Crippen LogP contribution in [0.15, 0.2) is 10.7 Å². The first-order valence-corrected chi connectivity index (χ1v) is 2.53. The summed E-state index contributed by atoms with van der Waals surface area (Å²) in [6.45, 7) is 0. The highest BCUT2D eigenvalue weighted by atomic mass is 16.5. The number of aromatic amines is 1. The number of hydrogen-bond acceptors (Lipinski definition) is 5. The number of aromatic nitrogens is 5. The Bertz CT molecular complexity index is 253. The Morgan fingerprint density at radius 2 is 2.60 bits per heavy atom. The van der Waals surface area contributed by atoms with E-state index in [2.05, 4.69) is 36.5 Å². The van der Waals surface area contributed by atoms with E-state index in [0.29, 0.717) is 11.5 Å². The van der Waals surface area contributed by atoms with Crippen molar-refractivity contribution in [3.05, 3.63) is 12.4 Å². The highest BCUT2D eigenvalue weighted by Crippen LogP contribution is 2.09. The lowest BCUT2D eigenvalue weighted by Gasteiger charge is -1.76. The number of H-pyrrole nitrogens is 1. The van der Waals surface area contributed by atoms with Crippen LogP contribution in [0.25, 0.3) is 11.5 Å². The molecule has 0 aliphatic heterocycles. The van der Waals surface area contributed by atoms with Gasteiger partial charge >= 0.3 is 0 Å². The summed E-state index contributed by atoms with van der Waals surface area (Å²) in [7, 11) is 0. The summed E-state index contributed by atoms with van der Waals surface area (Å²) in [5, 5.41) is 16.2. The quantitative estimate of drug-likeness (QED) is 0.579. The van der Waals surface area contributed by atoms with Gasteiger partial charge in [-0.2, -0.15) is 0 Å². The topological polar surface area (TPSA) is 80.5 Å². The van der Waals surface area contributed by atoms with Crippen molar-refractivity contribution in [2.75, 3.05) is 0 Å². The second-order valence-electron chi connectivity index (χ2n) is 1.57. The average Bonchev–Trinajstić information content (AvgIpc) is 2.59. The van der Waals surface area contributed by atoms with Crippen molar-refractivity contribution in [2.24, 2.45) is 0 Å². The fourth-order valence-corrected chi connectivity index (χ4v) is 0.564. The van der Waals surface area contributed by atoms with Gasteiger partial charge in [0.15, 0.2) is 11.9 Å². The van der Waals surface area contributed by atoms with Crippen LogP contribution in [0, 0.1) is 6.20 Å². The lowest BCUT2D eigenvalue weighted by atomic mass is 10.4. The molecule has 0 unspecified atom stereocenters. The van der Waals surface area contributed by atoms with Gasteiger partial charge in [0.1, 0.15) is 0 Å². The highest BCUT2D eigenvalue weighted by Gasteiger charge is 2.04. The van der Waals surface area contributed by atoms with Gasteiger partial charge in [-0.25, -0.2) is 0 Å². The molecule has 0 aromatic carbocycles. The Hall–Kier alpha value is -1.72. The zero-order chi connectivity index (χ0) is 6.81. The summed E-state index contributed by atoms with van der Waals surface area (Å²) in [5.41, 5.74) is 0.546. The van der Waals surface area contributed by atoms with Crippen molar-refractivity contribution in [3.8, 4) is 11.5 Å². The summed E-state index contributed by atoms with van der Waals surface area (Å²) in [6.07, 6.45) is 4.06. The van der Waals surface area contributed by atoms with E-state index < -0.39 is 0 Å². The third-order valence-corrected chi connectivity index (χ3v) is 0.974. The molecular formula is C4H2N5O. The molecule has 0 aliphatic rings. The molecule has 0 saturated carbocycles. The normalized spacial score (nSPS) is 10.0. The minimum atomic E-state index is 0.383. The molecule has 6 nitrogen and oxygen atoms in total. The third-order valence-electron chi connectivity index (χ3n) is 0.974. The van der Waals surface area contributed by atoms with Crippen LogP contribution in [0.2, 0.25) is 0 Å². The lowest BCUT2D eigenvalue weighted by Crippen LogP contribution is -1.72. The second kappa shape index (κ2) is 1.90. The Kier molecular flexibility index (Phi) is 0.970. The molecule has 0 aliphatic carbocycles. The van der Waals surface area contributed by atoms with Crippen LogP contribution in [0.5, 0.6) is 0 Å². The molecule has 2 rings (SSSR count). The van der Waals surface area contributed by atoms with Crippen molar-refractivity contribution in [1.82, 2.24) is 25.8 Å². The average molecular weight is 136 g/mol. The van der Waals surface area contributed by atoms with Crippen molar-refractivity contribution in [2.45, 2.75) is 0 Å². The maximum absolute atomic E-state index is 4.64. The number of nitrogens with zero attached hydrogens (tertiary/aromatic N) is 4. The van der Waals surface area contributed by atoms with E-state index in [1.165, 1.54) is 0 Å². The van der Waals surface area contributed by atoms with Crippen LogP contribution in [-0.4, -0.2) is 25.8 Å². The van der Waals surface area contributed by atoms with Crippen molar-refractivity contribution < 1.29 is 4.52 Å². The van der Waals surface area contributed by atoms with Crippen LogP contribution >= 0.6 is 0 Å². The Morgan fingerprint density at radius 1 is 1.60 bits per heavy atom. The molecule has 1 N–H and O–H groups in total. The van der Waals surface area contributed by atoms with Crippen LogP contribution in [-0.2, 0) is 0 Å². The molecule has 0 saturated heterocycles. The Balaban J connectivity index is 2.48. The molecule has 0 spiro atoms. The first kappa shape index (κ1) is 5.10. The van der Waals surface area contributed by atoms with Gasteiger partial charge in [-0.1, -0.05) is 5.21 Å². The zero-order valence-electron chi connectivity index (χ0n) is 4.77. The monoisotopic (exact) mass is 136 g/mol. The van der Waals surface area contributed by atoms with Crippen molar-refractivity contribution in [3.63, 3.8) is 0 Å². The lowest BCUT2D eigenvalue weighted by molar-refractivity contribution is 0.402. The molecule has 2 aromatic heterocycles. The van der Waals surface area contributed by atoms with Crippen LogP contribution < -0.4 is 0 Å². The zero-order valence-corrected chi connectivity index (χ0v) is 4.77. The van der Waals surface area contributed by atoms with Gasteiger partial charge in [0.2, 0.25) is 5.76 Å². The molecular weight excluding hydrogens is 134 g/mol. The largest absolute Gasteiger partial charge is 0.334 e. The summed E-state index contributed by atoms with van der Waals surface area (Å²) in [4.78, 5) is 0. The van der Waals surface area contributed by atoms with Gasteiger partial charge < -0.3 is 4.52 Å². The summed E-state index contributed by atoms with van der Waals surface area (Å²) in [6, 6.07) is 0. The molecule has 49 valence electrons. The Labute approximate surface area is 55.2 Å². The highest BCUT2D eigenvalue weighted by molar-refractivity contribution is 5.45. The minimum Gasteiger partial charge on any atom is -0.334 e. The summed E-state index contributed by atoms with van der Waals surface area (Å²) in [5.74, 6) is 0.383. The summed E-state index contributed by atoms with van der Waals surface area (Å²) < 4.78 is 4.64. The maximum Gasteiger partial charge on any atom is 0.219 e. The second-order valence-corrected chi connectivity index (χ2v) is 1.57. The van der Waals surface area contributed by atoms with E-state index in [4.69, 9.17) is 0 Å². The number of nitrogens with one attached hydrogen (secondary N) is 1. The smallest absolute Gasteiger partial charge is 0.219 e. The van der Waals surface area contributed by atoms with Crippen LogP contribution in [0.1, 0.15) is 0 Å². The van der Waals surface area contributed by atoms with Crippen LogP contribution in [0.3, 0.4) is 0 Å². The van der Waals surface area contributed by atoms with Gasteiger partial charge in [-0.05, 0) is 0 Å². The molecule has 2 aromatic rings. The molecule has 0 bridgehead atoms. The molecule has 2 heterocycles. The van der Waals surface area contributed by atoms with E-state index in [9.17, 15) is 0 Å². The predicted octanol–water partition coefficient (Wildman–Crippen LogP) is -0.345. The first-order valence-electron chi connectivity index (χ1n) is 2.53. The number of rotatable bonds is 1. The van der Waals surface area contributed by atoms with Gasteiger partial charge in [0.05, 0.1) is 6.20 Å². The van der Waals surface area contributed by atoms with E-state index >= 15 is 0 Å². The molecule has 10 heavy (non-hydrogen) atoms. The number of hydrogen-bond donors (Lipinski definition) is 1. The van der Waals surface area contributed by atoms with Crippen LogP contribution in [0.4, 0.5) is 0 Å². The molecule has 0 atom stereocenters. The fourth-order valence-electron chi connectivity index (χ4n) is 0.564. The summed E-state index contributed by atoms with van der Waals surface area (Å²) >= 11 is 0. The molecule has 1 radical (unpaired) electrons. The van der Waals surface area contributed by atoms with Crippen molar-refractivity contribution >= 4 is 0 Å². The van der Waals surface area contributed by atoms with E-state index in [-0.39, 0.29) is 0 Å². The molecule has 6 heteroatoms. The SMILES string of the molecule is [c]1nnoc1-c1c[nH]nn1. The van der Waals surface area contributed by atoms with Gasteiger partial charge in [-0.3, -0.25) is 5.10 Å². The molecule has 0 amide bonds.